The summed E-state index contributed by atoms with van der Waals surface area (Å²) in [7, 11) is 0. The molecule has 3 aromatic heterocycles. The first-order valence-corrected chi connectivity index (χ1v) is 9.52. The van der Waals surface area contributed by atoms with Crippen LogP contribution in [0.15, 0.2) is 43.0 Å². The molecule has 4 rings (SSSR count). The second-order valence-corrected chi connectivity index (χ2v) is 7.07. The summed E-state index contributed by atoms with van der Waals surface area (Å²) in [6.45, 7) is -0.560. The highest BCUT2D eigenvalue weighted by Gasteiger charge is 2.36. The Morgan fingerprint density at radius 2 is 2.00 bits per heavy atom. The number of anilines is 2. The molecule has 0 aliphatic carbocycles. The molecule has 0 fully saturated rings. The normalized spacial score (nSPS) is 11.5. The van der Waals surface area contributed by atoms with Crippen molar-refractivity contribution in [3.05, 3.63) is 59.3 Å². The van der Waals surface area contributed by atoms with Gasteiger partial charge in [0.05, 0.1) is 34.2 Å². The first kappa shape index (κ1) is 22.1. The molecule has 0 aliphatic rings. The largest absolute Gasteiger partial charge is 0.480 e. The molecule has 0 bridgehead atoms. The standard InChI is InChI=1S/C19H13ClF3N7O3/c20-12-5-9(1-2-10(12)18(33)26-8-14(31)32)28-16-17-25-7-13(30(17)4-3-24-16)11-6-27-29-15(11)19(21,22)23/h1-7H,8H2,(H,24,28)(H,26,33)(H,27,29)(H,31,32). The zero-order chi connectivity index (χ0) is 23.8. The molecule has 1 amide bonds. The molecule has 0 radical (unpaired) electrons. The Morgan fingerprint density at radius 3 is 2.70 bits per heavy atom. The van der Waals surface area contributed by atoms with Gasteiger partial charge in [0.1, 0.15) is 12.2 Å². The van der Waals surface area contributed by atoms with Crippen molar-refractivity contribution < 1.29 is 27.9 Å². The first-order valence-electron chi connectivity index (χ1n) is 9.14. The van der Waals surface area contributed by atoms with E-state index in [9.17, 15) is 22.8 Å². The Morgan fingerprint density at radius 1 is 1.21 bits per heavy atom. The predicted octanol–water partition coefficient (Wildman–Crippen LogP) is 3.35. The minimum absolute atomic E-state index is 0.0482. The lowest BCUT2D eigenvalue weighted by atomic mass is 10.2. The van der Waals surface area contributed by atoms with Gasteiger partial charge in [0.15, 0.2) is 11.5 Å². The summed E-state index contributed by atoms with van der Waals surface area (Å²) in [4.78, 5) is 31.0. The number of carboxylic acid groups (broad SMARTS) is 1. The number of carboxylic acids is 1. The molecule has 0 saturated carbocycles. The van der Waals surface area contributed by atoms with Gasteiger partial charge in [-0.25, -0.2) is 9.97 Å². The molecule has 0 aliphatic heterocycles. The average molecular weight is 480 g/mol. The van der Waals surface area contributed by atoms with Crippen LogP contribution in [-0.2, 0) is 11.0 Å². The molecule has 0 unspecified atom stereocenters. The number of rotatable bonds is 6. The van der Waals surface area contributed by atoms with Crippen LogP contribution in [0.25, 0.3) is 16.9 Å². The van der Waals surface area contributed by atoms with E-state index in [1.165, 1.54) is 41.2 Å². The van der Waals surface area contributed by atoms with Gasteiger partial charge in [0, 0.05) is 18.1 Å². The molecule has 0 saturated heterocycles. The zero-order valence-corrected chi connectivity index (χ0v) is 17.1. The first-order chi connectivity index (χ1) is 15.6. The van der Waals surface area contributed by atoms with Crippen molar-refractivity contribution in [2.45, 2.75) is 6.18 Å². The third-order valence-corrected chi connectivity index (χ3v) is 4.82. The van der Waals surface area contributed by atoms with Crippen LogP contribution in [0.3, 0.4) is 0 Å². The SMILES string of the molecule is O=C(O)CNC(=O)c1ccc(Nc2nccn3c(-c4cn[nH]c4C(F)(F)F)cnc23)cc1Cl. The molecule has 0 atom stereocenters. The van der Waals surface area contributed by atoms with Gasteiger partial charge >= 0.3 is 12.1 Å². The van der Waals surface area contributed by atoms with Crippen LogP contribution >= 0.6 is 11.6 Å². The van der Waals surface area contributed by atoms with Crippen molar-refractivity contribution in [3.63, 3.8) is 0 Å². The van der Waals surface area contributed by atoms with Gasteiger partial charge in [0.2, 0.25) is 0 Å². The van der Waals surface area contributed by atoms with E-state index in [-0.39, 0.29) is 33.3 Å². The van der Waals surface area contributed by atoms with E-state index < -0.39 is 30.3 Å². The molecular formula is C19H13ClF3N7O3. The number of hydrogen-bond acceptors (Lipinski definition) is 6. The number of carbonyl (C=O) groups is 2. The molecule has 4 N–H and O–H groups in total. The lowest BCUT2D eigenvalue weighted by molar-refractivity contribution is -0.140. The van der Waals surface area contributed by atoms with Crippen LogP contribution in [0, 0.1) is 0 Å². The monoisotopic (exact) mass is 479 g/mol. The number of nitrogens with one attached hydrogen (secondary N) is 3. The second-order valence-electron chi connectivity index (χ2n) is 6.67. The second kappa shape index (κ2) is 8.43. The van der Waals surface area contributed by atoms with E-state index in [1.54, 1.807) is 0 Å². The predicted molar refractivity (Wildman–Crippen MR) is 110 cm³/mol. The summed E-state index contributed by atoms with van der Waals surface area (Å²) in [5.74, 6) is -1.64. The van der Waals surface area contributed by atoms with Gasteiger partial charge < -0.3 is 15.7 Å². The third kappa shape index (κ3) is 4.43. The lowest BCUT2D eigenvalue weighted by Crippen LogP contribution is -2.29. The maximum absolute atomic E-state index is 13.3. The average Bonchev–Trinajstić information content (AvgIpc) is 3.39. The summed E-state index contributed by atoms with van der Waals surface area (Å²) in [6.07, 6.45) is 0.542. The number of halogens is 4. The Hall–Kier alpha value is -4.13. The molecule has 4 aromatic rings. The van der Waals surface area contributed by atoms with Crippen LogP contribution in [-0.4, -0.2) is 48.1 Å². The van der Waals surface area contributed by atoms with E-state index in [4.69, 9.17) is 16.7 Å². The fourth-order valence-electron chi connectivity index (χ4n) is 3.07. The number of aliphatic carboxylic acids is 1. The number of aromatic amines is 1. The maximum atomic E-state index is 13.3. The van der Waals surface area contributed by atoms with Crippen molar-refractivity contribution in [3.8, 4) is 11.3 Å². The van der Waals surface area contributed by atoms with Gasteiger partial charge in [-0.05, 0) is 18.2 Å². The Kier molecular flexibility index (Phi) is 5.64. The number of benzene rings is 1. The highest BCUT2D eigenvalue weighted by molar-refractivity contribution is 6.34. The maximum Gasteiger partial charge on any atom is 0.433 e. The number of fused-ring (bicyclic) bond motifs is 1. The van der Waals surface area contributed by atoms with Gasteiger partial charge in [-0.1, -0.05) is 11.6 Å². The highest BCUT2D eigenvalue weighted by atomic mass is 35.5. The van der Waals surface area contributed by atoms with Crippen LogP contribution in [0.1, 0.15) is 16.1 Å². The summed E-state index contributed by atoms with van der Waals surface area (Å²) in [6, 6.07) is 4.32. The summed E-state index contributed by atoms with van der Waals surface area (Å²) < 4.78 is 41.2. The van der Waals surface area contributed by atoms with Crippen molar-refractivity contribution in [2.24, 2.45) is 0 Å². The fourth-order valence-corrected chi connectivity index (χ4v) is 3.33. The van der Waals surface area contributed by atoms with Gasteiger partial charge in [-0.2, -0.15) is 18.3 Å². The number of carbonyl (C=O) groups excluding carboxylic acids is 1. The summed E-state index contributed by atoms with van der Waals surface area (Å²) >= 11 is 6.15. The summed E-state index contributed by atoms with van der Waals surface area (Å²) in [5, 5.41) is 19.3. The number of imidazole rings is 1. The lowest BCUT2D eigenvalue weighted by Gasteiger charge is -2.10. The third-order valence-electron chi connectivity index (χ3n) is 4.50. The van der Waals surface area contributed by atoms with Crippen LogP contribution in [0.2, 0.25) is 5.02 Å². The minimum atomic E-state index is -4.63. The van der Waals surface area contributed by atoms with Crippen LogP contribution in [0.5, 0.6) is 0 Å². The Bertz CT molecular complexity index is 1370. The van der Waals surface area contributed by atoms with Crippen LogP contribution in [0.4, 0.5) is 24.7 Å². The van der Waals surface area contributed by atoms with Crippen LogP contribution < -0.4 is 10.6 Å². The van der Waals surface area contributed by atoms with E-state index in [0.29, 0.717) is 5.69 Å². The molecule has 170 valence electrons. The number of H-pyrrole nitrogens is 1. The number of nitrogens with zero attached hydrogens (tertiary/aromatic N) is 4. The van der Waals surface area contributed by atoms with E-state index in [2.05, 4.69) is 25.7 Å². The topological polar surface area (TPSA) is 137 Å². The quantitative estimate of drug-likeness (QED) is 0.333. The van der Waals surface area contributed by atoms with Gasteiger partial charge in [0.25, 0.3) is 5.91 Å². The number of alkyl halides is 3. The molecule has 10 nitrogen and oxygen atoms in total. The molecule has 1 aromatic carbocycles. The van der Waals surface area contributed by atoms with E-state index >= 15 is 0 Å². The number of aromatic nitrogens is 5. The molecule has 14 heteroatoms. The molecule has 3 heterocycles. The van der Waals surface area contributed by atoms with E-state index in [0.717, 1.165) is 6.20 Å². The van der Waals surface area contributed by atoms with Gasteiger partial charge in [-0.15, -0.1) is 0 Å². The van der Waals surface area contributed by atoms with Crippen molar-refractivity contribution in [2.75, 3.05) is 11.9 Å². The summed E-state index contributed by atoms with van der Waals surface area (Å²) in [5.41, 5.74) is -0.302. The van der Waals surface area contributed by atoms with Crippen molar-refractivity contribution in [1.29, 1.82) is 0 Å². The Labute approximate surface area is 187 Å². The smallest absolute Gasteiger partial charge is 0.433 e. The molecule has 33 heavy (non-hydrogen) atoms. The zero-order valence-electron chi connectivity index (χ0n) is 16.3. The molecule has 0 spiro atoms. The van der Waals surface area contributed by atoms with Crippen molar-refractivity contribution in [1.82, 2.24) is 29.9 Å². The number of hydrogen-bond donors (Lipinski definition) is 4. The highest BCUT2D eigenvalue weighted by Crippen LogP contribution is 2.36. The molecular weight excluding hydrogens is 467 g/mol. The Balaban J connectivity index is 1.63. The fraction of sp³-hybridized carbons (Fsp3) is 0.105. The van der Waals surface area contributed by atoms with Gasteiger partial charge in [-0.3, -0.25) is 19.1 Å². The van der Waals surface area contributed by atoms with E-state index in [1.807, 2.05) is 5.10 Å². The van der Waals surface area contributed by atoms with Crippen molar-refractivity contribution >= 4 is 40.6 Å². The minimum Gasteiger partial charge on any atom is -0.480 e. The number of amides is 1.